The second-order valence-electron chi connectivity index (χ2n) is 4.09. The monoisotopic (exact) mass is 293 g/mol. The summed E-state index contributed by atoms with van der Waals surface area (Å²) >= 11 is 11.8. The number of hydrogen-bond donors (Lipinski definition) is 1. The molecule has 0 aromatic heterocycles. The van der Waals surface area contributed by atoms with Crippen molar-refractivity contribution >= 4 is 29.4 Å². The highest BCUT2D eigenvalue weighted by molar-refractivity contribution is 6.35. The molecule has 2 aromatic rings. The van der Waals surface area contributed by atoms with Gasteiger partial charge >= 0.3 is 0 Å². The highest BCUT2D eigenvalue weighted by Crippen LogP contribution is 2.20. The summed E-state index contributed by atoms with van der Waals surface area (Å²) in [4.78, 5) is 4.37. The summed E-state index contributed by atoms with van der Waals surface area (Å²) in [5.74, 6) is 0. The minimum Gasteiger partial charge on any atom is -0.394 e. The predicted octanol–water partition coefficient (Wildman–Crippen LogP) is 4.15. The van der Waals surface area contributed by atoms with Crippen LogP contribution in [0.5, 0.6) is 0 Å². The molecule has 0 spiro atoms. The second-order valence-corrected chi connectivity index (χ2v) is 4.96. The van der Waals surface area contributed by atoms with Crippen LogP contribution in [-0.2, 0) is 0 Å². The molecule has 2 nitrogen and oxygen atoms in total. The predicted molar refractivity (Wildman–Crippen MR) is 80.3 cm³/mol. The van der Waals surface area contributed by atoms with Crippen LogP contribution >= 0.6 is 23.2 Å². The largest absolute Gasteiger partial charge is 0.394 e. The van der Waals surface area contributed by atoms with Crippen LogP contribution < -0.4 is 0 Å². The lowest BCUT2D eigenvalue weighted by atomic mass is 10.1. The quantitative estimate of drug-likeness (QED) is 0.844. The van der Waals surface area contributed by atoms with E-state index in [-0.39, 0.29) is 12.6 Å². The molecule has 1 atom stereocenters. The van der Waals surface area contributed by atoms with Crippen molar-refractivity contribution in [1.29, 1.82) is 0 Å². The van der Waals surface area contributed by atoms with Gasteiger partial charge in [0.05, 0.1) is 12.6 Å². The van der Waals surface area contributed by atoms with E-state index < -0.39 is 0 Å². The fraction of sp³-hybridized carbons (Fsp3) is 0.133. The average molecular weight is 294 g/mol. The summed E-state index contributed by atoms with van der Waals surface area (Å²) in [6.45, 7) is -0.0468. The third kappa shape index (κ3) is 4.06. The first-order chi connectivity index (χ1) is 9.19. The fourth-order valence-corrected chi connectivity index (χ4v) is 2.28. The van der Waals surface area contributed by atoms with E-state index in [0.29, 0.717) is 10.0 Å². The van der Waals surface area contributed by atoms with E-state index in [1.807, 2.05) is 30.3 Å². The molecule has 0 aliphatic rings. The lowest BCUT2D eigenvalue weighted by Gasteiger charge is -2.09. The Morgan fingerprint density at radius 3 is 2.26 bits per heavy atom. The normalized spacial score (nSPS) is 12.8. The highest BCUT2D eigenvalue weighted by atomic mass is 35.5. The molecule has 0 unspecified atom stereocenters. The number of aliphatic hydroxyl groups excluding tert-OH is 1. The summed E-state index contributed by atoms with van der Waals surface area (Å²) < 4.78 is 0. The van der Waals surface area contributed by atoms with Crippen LogP contribution in [0.3, 0.4) is 0 Å². The van der Waals surface area contributed by atoms with E-state index in [0.717, 1.165) is 11.1 Å². The zero-order valence-electron chi connectivity index (χ0n) is 10.1. The van der Waals surface area contributed by atoms with Gasteiger partial charge in [-0.3, -0.25) is 4.99 Å². The van der Waals surface area contributed by atoms with Crippen LogP contribution in [0.2, 0.25) is 10.0 Å². The molecule has 0 aliphatic heterocycles. The number of rotatable bonds is 4. The lowest BCUT2D eigenvalue weighted by Crippen LogP contribution is -2.01. The molecule has 0 amide bonds. The topological polar surface area (TPSA) is 32.6 Å². The van der Waals surface area contributed by atoms with E-state index in [1.165, 1.54) is 0 Å². The number of benzene rings is 2. The number of halogens is 2. The molecular formula is C15H13Cl2NO. The maximum absolute atomic E-state index is 9.40. The van der Waals surface area contributed by atoms with Gasteiger partial charge in [0.1, 0.15) is 0 Å². The molecular weight excluding hydrogens is 281 g/mol. The van der Waals surface area contributed by atoms with Crippen molar-refractivity contribution in [3.05, 3.63) is 69.7 Å². The van der Waals surface area contributed by atoms with Crippen molar-refractivity contribution in [2.75, 3.05) is 6.61 Å². The van der Waals surface area contributed by atoms with Crippen LogP contribution in [0.4, 0.5) is 0 Å². The molecule has 0 bridgehead atoms. The molecule has 0 aliphatic carbocycles. The summed E-state index contributed by atoms with van der Waals surface area (Å²) in [6.07, 6.45) is 1.67. The van der Waals surface area contributed by atoms with Gasteiger partial charge in [-0.25, -0.2) is 0 Å². The van der Waals surface area contributed by atoms with Gasteiger partial charge in [0.15, 0.2) is 0 Å². The molecule has 2 rings (SSSR count). The molecule has 19 heavy (non-hydrogen) atoms. The number of aliphatic imine (C=N–C) groups is 1. The standard InChI is InChI=1S/C15H13Cl2NO/c16-13-6-11(7-14(17)8-13)9-18-15(10-19)12-4-2-1-3-5-12/h1-9,15,19H,10H2/t15-/m1/s1. The maximum atomic E-state index is 9.40. The van der Waals surface area contributed by atoms with Crippen LogP contribution in [-0.4, -0.2) is 17.9 Å². The van der Waals surface area contributed by atoms with Crippen LogP contribution in [0.15, 0.2) is 53.5 Å². The number of aliphatic hydroxyl groups is 1. The van der Waals surface area contributed by atoms with Crippen molar-refractivity contribution in [2.24, 2.45) is 4.99 Å². The van der Waals surface area contributed by atoms with Gasteiger partial charge in [-0.15, -0.1) is 0 Å². The van der Waals surface area contributed by atoms with E-state index in [4.69, 9.17) is 23.2 Å². The van der Waals surface area contributed by atoms with Crippen LogP contribution in [0, 0.1) is 0 Å². The summed E-state index contributed by atoms with van der Waals surface area (Å²) in [6, 6.07) is 14.6. The minimum atomic E-state index is -0.279. The van der Waals surface area contributed by atoms with Crippen molar-refractivity contribution in [3.8, 4) is 0 Å². The van der Waals surface area contributed by atoms with Gasteiger partial charge in [-0.2, -0.15) is 0 Å². The third-order valence-electron chi connectivity index (χ3n) is 2.65. The van der Waals surface area contributed by atoms with Gasteiger partial charge in [0.2, 0.25) is 0 Å². The van der Waals surface area contributed by atoms with Gasteiger partial charge in [0, 0.05) is 16.3 Å². The zero-order chi connectivity index (χ0) is 13.7. The number of nitrogens with zero attached hydrogens (tertiary/aromatic N) is 1. The van der Waals surface area contributed by atoms with Gasteiger partial charge in [0.25, 0.3) is 0 Å². The van der Waals surface area contributed by atoms with Crippen molar-refractivity contribution in [2.45, 2.75) is 6.04 Å². The first-order valence-electron chi connectivity index (χ1n) is 5.84. The van der Waals surface area contributed by atoms with E-state index >= 15 is 0 Å². The Hall–Kier alpha value is -1.35. The van der Waals surface area contributed by atoms with Crippen molar-refractivity contribution in [1.82, 2.24) is 0 Å². The molecule has 0 fully saturated rings. The highest BCUT2D eigenvalue weighted by Gasteiger charge is 2.06. The molecule has 0 heterocycles. The maximum Gasteiger partial charge on any atom is 0.0979 e. The fourth-order valence-electron chi connectivity index (χ4n) is 1.74. The van der Waals surface area contributed by atoms with Crippen molar-refractivity contribution in [3.63, 3.8) is 0 Å². The SMILES string of the molecule is OC[C@@H](N=Cc1cc(Cl)cc(Cl)c1)c1ccccc1. The van der Waals surface area contributed by atoms with E-state index in [9.17, 15) is 5.11 Å². The van der Waals surface area contributed by atoms with E-state index in [1.54, 1.807) is 24.4 Å². The molecule has 98 valence electrons. The first kappa shape index (κ1) is 14.1. The summed E-state index contributed by atoms with van der Waals surface area (Å²) in [5.41, 5.74) is 1.78. The number of hydrogen-bond acceptors (Lipinski definition) is 2. The molecule has 1 N–H and O–H groups in total. The summed E-state index contributed by atoms with van der Waals surface area (Å²) in [5, 5.41) is 10.5. The Kier molecular flexibility index (Phi) is 4.97. The first-order valence-corrected chi connectivity index (χ1v) is 6.59. The molecule has 0 radical (unpaired) electrons. The zero-order valence-corrected chi connectivity index (χ0v) is 11.6. The van der Waals surface area contributed by atoms with Crippen molar-refractivity contribution < 1.29 is 5.11 Å². The molecule has 0 saturated carbocycles. The summed E-state index contributed by atoms with van der Waals surface area (Å²) in [7, 11) is 0. The minimum absolute atomic E-state index is 0.0468. The smallest absolute Gasteiger partial charge is 0.0979 e. The second kappa shape index (κ2) is 6.71. The van der Waals surface area contributed by atoms with Crippen LogP contribution in [0.1, 0.15) is 17.2 Å². The average Bonchev–Trinajstić information content (AvgIpc) is 2.39. The van der Waals surface area contributed by atoms with Gasteiger partial charge in [-0.05, 0) is 29.3 Å². The Morgan fingerprint density at radius 1 is 1.05 bits per heavy atom. The van der Waals surface area contributed by atoms with E-state index in [2.05, 4.69) is 4.99 Å². The lowest BCUT2D eigenvalue weighted by molar-refractivity contribution is 0.269. The molecule has 0 saturated heterocycles. The molecule has 2 aromatic carbocycles. The Balaban J connectivity index is 2.20. The van der Waals surface area contributed by atoms with Crippen LogP contribution in [0.25, 0.3) is 0 Å². The molecule has 4 heteroatoms. The Bertz CT molecular complexity index is 549. The van der Waals surface area contributed by atoms with Gasteiger partial charge < -0.3 is 5.11 Å². The Labute approximate surface area is 122 Å². The van der Waals surface area contributed by atoms with Gasteiger partial charge in [-0.1, -0.05) is 53.5 Å². The Morgan fingerprint density at radius 2 is 1.68 bits per heavy atom. The third-order valence-corrected chi connectivity index (χ3v) is 3.08.